The summed E-state index contributed by atoms with van der Waals surface area (Å²) in [5.74, 6) is -0.863. The van der Waals surface area contributed by atoms with Crippen LogP contribution in [0, 0.1) is 13.8 Å². The van der Waals surface area contributed by atoms with Gasteiger partial charge in [-0.25, -0.2) is 8.42 Å². The van der Waals surface area contributed by atoms with Gasteiger partial charge < -0.3 is 10.2 Å². The number of aryl methyl sites for hydroxylation is 2. The number of carbonyl (C=O) groups excluding carboxylic acids is 2. The van der Waals surface area contributed by atoms with E-state index in [4.69, 9.17) is 0 Å². The molecule has 0 unspecified atom stereocenters. The highest BCUT2D eigenvalue weighted by Crippen LogP contribution is 2.34. The molecule has 1 aliphatic rings. The van der Waals surface area contributed by atoms with Crippen LogP contribution in [-0.2, 0) is 25.2 Å². The quantitative estimate of drug-likeness (QED) is 0.508. The average molecular weight is 499 g/mol. The molecule has 1 N–H and O–H groups in total. The van der Waals surface area contributed by atoms with Crippen LogP contribution < -0.4 is 10.2 Å². The number of nitrogens with zero attached hydrogens (tertiary/aromatic N) is 3. The summed E-state index contributed by atoms with van der Waals surface area (Å²) in [5.41, 5.74) is 3.85. The van der Waals surface area contributed by atoms with Crippen molar-refractivity contribution in [2.45, 2.75) is 38.4 Å². The van der Waals surface area contributed by atoms with Crippen molar-refractivity contribution in [2.24, 2.45) is 0 Å². The molecule has 0 radical (unpaired) electrons. The van der Waals surface area contributed by atoms with Gasteiger partial charge in [0.25, 0.3) is 0 Å². The van der Waals surface area contributed by atoms with Gasteiger partial charge in [-0.1, -0.05) is 47.7 Å². The van der Waals surface area contributed by atoms with Gasteiger partial charge in [-0.3, -0.25) is 9.59 Å². The monoisotopic (exact) mass is 498 g/mol. The minimum Gasteiger partial charge on any atom is -0.312 e. The van der Waals surface area contributed by atoms with Gasteiger partial charge in [0.15, 0.2) is 9.84 Å². The number of rotatable bonds is 8. The third-order valence-electron chi connectivity index (χ3n) is 5.83. The second-order valence-electron chi connectivity index (χ2n) is 8.50. The number of amides is 2. The fourth-order valence-corrected chi connectivity index (χ4v) is 5.99. The first-order valence-corrected chi connectivity index (χ1v) is 13.6. The Morgan fingerprint density at radius 3 is 2.62 bits per heavy atom. The molecule has 0 bridgehead atoms. The number of hydrogen-bond acceptors (Lipinski definition) is 7. The molecule has 8 nitrogen and oxygen atoms in total. The van der Waals surface area contributed by atoms with Gasteiger partial charge in [-0.2, -0.15) is 0 Å². The van der Waals surface area contributed by atoms with E-state index in [-0.39, 0.29) is 29.8 Å². The zero-order valence-electron chi connectivity index (χ0n) is 19.0. The van der Waals surface area contributed by atoms with Gasteiger partial charge in [-0.05, 0) is 42.7 Å². The lowest BCUT2D eigenvalue weighted by molar-refractivity contribution is -0.117. The standard InChI is InChI=1S/C24H26N4O4S2/c1-16-8-9-20(12-17(16)2)28-14-19(13-22(28)30)23-26-27-24(33-23)25-21(29)10-11-34(31,32)15-18-6-4-3-5-7-18/h3-9,12,19H,10-11,13-15H2,1-2H3,(H,25,27,29)/t19-/m1/s1. The van der Waals surface area contributed by atoms with Crippen LogP contribution in [0.15, 0.2) is 48.5 Å². The Kier molecular flexibility index (Phi) is 7.08. The fraction of sp³-hybridized carbons (Fsp3) is 0.333. The maximum absolute atomic E-state index is 12.6. The zero-order valence-corrected chi connectivity index (χ0v) is 20.7. The lowest BCUT2D eigenvalue weighted by Crippen LogP contribution is -2.24. The maximum atomic E-state index is 12.6. The molecule has 1 atom stereocenters. The van der Waals surface area contributed by atoms with Crippen LogP contribution in [0.2, 0.25) is 0 Å². The molecule has 2 amide bonds. The number of sulfone groups is 1. The van der Waals surface area contributed by atoms with E-state index in [1.165, 1.54) is 16.9 Å². The van der Waals surface area contributed by atoms with Crippen LogP contribution in [0.1, 0.15) is 40.5 Å². The van der Waals surface area contributed by atoms with E-state index in [0.29, 0.717) is 28.7 Å². The molecule has 2 aromatic carbocycles. The summed E-state index contributed by atoms with van der Waals surface area (Å²) in [6.45, 7) is 4.55. The largest absolute Gasteiger partial charge is 0.312 e. The Hall–Kier alpha value is -3.11. The fourth-order valence-electron chi connectivity index (χ4n) is 3.80. The van der Waals surface area contributed by atoms with Gasteiger partial charge in [0.1, 0.15) is 5.01 Å². The molecule has 0 spiro atoms. The van der Waals surface area contributed by atoms with Crippen LogP contribution in [0.4, 0.5) is 10.8 Å². The number of nitrogens with one attached hydrogen (secondary N) is 1. The molecule has 0 aliphatic carbocycles. The molecule has 0 saturated carbocycles. The van der Waals surface area contributed by atoms with E-state index in [0.717, 1.165) is 11.3 Å². The molecule has 1 fully saturated rings. The molecule has 1 saturated heterocycles. The van der Waals surface area contributed by atoms with Crippen LogP contribution in [-0.4, -0.2) is 42.7 Å². The van der Waals surface area contributed by atoms with Gasteiger partial charge in [-0.15, -0.1) is 10.2 Å². The van der Waals surface area contributed by atoms with Crippen LogP contribution in [0.3, 0.4) is 0 Å². The minimum absolute atomic E-state index is 0.0256. The van der Waals surface area contributed by atoms with Gasteiger partial charge >= 0.3 is 0 Å². The molecule has 3 aromatic rings. The molecule has 1 aliphatic heterocycles. The van der Waals surface area contributed by atoms with Crippen molar-refractivity contribution in [1.82, 2.24) is 10.2 Å². The molecule has 2 heterocycles. The lowest BCUT2D eigenvalue weighted by atomic mass is 10.1. The molecule has 4 rings (SSSR count). The highest BCUT2D eigenvalue weighted by molar-refractivity contribution is 7.90. The van der Waals surface area contributed by atoms with E-state index in [2.05, 4.69) is 15.5 Å². The summed E-state index contributed by atoms with van der Waals surface area (Å²) in [6, 6.07) is 14.8. The Labute approximate surface area is 202 Å². The predicted molar refractivity (Wildman–Crippen MR) is 133 cm³/mol. The van der Waals surface area contributed by atoms with Gasteiger partial charge in [0, 0.05) is 31.0 Å². The second-order valence-corrected chi connectivity index (χ2v) is 11.7. The highest BCUT2D eigenvalue weighted by atomic mass is 32.2. The van der Waals surface area contributed by atoms with Crippen LogP contribution >= 0.6 is 11.3 Å². The number of benzene rings is 2. The Morgan fingerprint density at radius 1 is 1.12 bits per heavy atom. The van der Waals surface area contributed by atoms with Crippen molar-refractivity contribution in [3.05, 3.63) is 70.2 Å². The molecule has 1 aromatic heterocycles. The number of hydrogen-bond donors (Lipinski definition) is 1. The maximum Gasteiger partial charge on any atom is 0.227 e. The molecule has 34 heavy (non-hydrogen) atoms. The third-order valence-corrected chi connectivity index (χ3v) is 8.43. The summed E-state index contributed by atoms with van der Waals surface area (Å²) < 4.78 is 24.6. The van der Waals surface area contributed by atoms with Crippen molar-refractivity contribution < 1.29 is 18.0 Å². The topological polar surface area (TPSA) is 109 Å². The minimum atomic E-state index is -3.41. The number of carbonyl (C=O) groups is 2. The second kappa shape index (κ2) is 10.0. The van der Waals surface area contributed by atoms with E-state index in [1.54, 1.807) is 29.2 Å². The summed E-state index contributed by atoms with van der Waals surface area (Å²) in [4.78, 5) is 26.7. The summed E-state index contributed by atoms with van der Waals surface area (Å²) in [5, 5.41) is 11.8. The van der Waals surface area contributed by atoms with Crippen molar-refractivity contribution in [1.29, 1.82) is 0 Å². The first kappa shape index (κ1) is 24.0. The number of anilines is 2. The molecule has 10 heteroatoms. The Balaban J connectivity index is 1.32. The normalized spacial score (nSPS) is 16.1. The van der Waals surface area contributed by atoms with Crippen LogP contribution in [0.5, 0.6) is 0 Å². The average Bonchev–Trinajstić information content (AvgIpc) is 3.41. The third kappa shape index (κ3) is 5.87. The van der Waals surface area contributed by atoms with E-state index in [9.17, 15) is 18.0 Å². The van der Waals surface area contributed by atoms with Crippen LogP contribution in [0.25, 0.3) is 0 Å². The summed E-state index contributed by atoms with van der Waals surface area (Å²) in [6.07, 6.45) is 0.166. The highest BCUT2D eigenvalue weighted by Gasteiger charge is 2.34. The smallest absolute Gasteiger partial charge is 0.227 e. The lowest BCUT2D eigenvalue weighted by Gasteiger charge is -2.17. The molecular weight excluding hydrogens is 472 g/mol. The first-order chi connectivity index (χ1) is 16.2. The molecular formula is C24H26N4O4S2. The Morgan fingerprint density at radius 2 is 1.88 bits per heavy atom. The summed E-state index contributed by atoms with van der Waals surface area (Å²) >= 11 is 1.22. The van der Waals surface area contributed by atoms with Crippen molar-refractivity contribution in [3.8, 4) is 0 Å². The van der Waals surface area contributed by atoms with E-state index < -0.39 is 15.7 Å². The van der Waals surface area contributed by atoms with E-state index in [1.807, 2.05) is 38.1 Å². The van der Waals surface area contributed by atoms with E-state index >= 15 is 0 Å². The first-order valence-electron chi connectivity index (χ1n) is 11.0. The predicted octanol–water partition coefficient (Wildman–Crippen LogP) is 3.62. The zero-order chi connectivity index (χ0) is 24.3. The Bertz CT molecular complexity index is 1310. The SMILES string of the molecule is Cc1ccc(N2C[C@H](c3nnc(NC(=O)CCS(=O)(=O)Cc4ccccc4)s3)CC2=O)cc1C. The molecule has 178 valence electrons. The van der Waals surface area contributed by atoms with Gasteiger partial charge in [0.05, 0.1) is 11.5 Å². The van der Waals surface area contributed by atoms with Crippen molar-refractivity contribution in [2.75, 3.05) is 22.5 Å². The van der Waals surface area contributed by atoms with Crippen molar-refractivity contribution in [3.63, 3.8) is 0 Å². The van der Waals surface area contributed by atoms with Crippen molar-refractivity contribution >= 4 is 43.8 Å². The summed E-state index contributed by atoms with van der Waals surface area (Å²) in [7, 11) is -3.41. The van der Waals surface area contributed by atoms with Gasteiger partial charge in [0.2, 0.25) is 16.9 Å². The number of aromatic nitrogens is 2.